The lowest BCUT2D eigenvalue weighted by Gasteiger charge is -2.10. The molecule has 1 aromatic carbocycles. The van der Waals surface area contributed by atoms with Crippen molar-refractivity contribution in [2.45, 2.75) is 37.6 Å². The average molecular weight is 317 g/mol. The third-order valence-corrected chi connectivity index (χ3v) is 5.11. The van der Waals surface area contributed by atoms with Crippen LogP contribution in [0.15, 0.2) is 41.4 Å². The van der Waals surface area contributed by atoms with Gasteiger partial charge in [0.05, 0.1) is 16.8 Å². The molecule has 1 aliphatic rings. The van der Waals surface area contributed by atoms with Crippen molar-refractivity contribution in [1.29, 1.82) is 0 Å². The summed E-state index contributed by atoms with van der Waals surface area (Å²) in [5.74, 6) is 0.775. The van der Waals surface area contributed by atoms with Crippen molar-refractivity contribution in [2.75, 3.05) is 10.0 Å². The van der Waals surface area contributed by atoms with E-state index < -0.39 is 10.0 Å². The molecule has 0 atom stereocenters. The monoisotopic (exact) mass is 317 g/mol. The standard InChI is InChI=1S/C16H19N3O2S/c1-11-3-7-15(9-12(11)2)22(20,21)19-14-6-8-16(17-10-14)18-13-4-5-13/h3,6-10,13,19H,4-5H2,1-2H3,(H,17,18). The SMILES string of the molecule is Cc1ccc(S(=O)(=O)Nc2ccc(NC3CC3)nc2)cc1C. The fourth-order valence-corrected chi connectivity index (χ4v) is 3.20. The van der Waals surface area contributed by atoms with E-state index >= 15 is 0 Å². The minimum Gasteiger partial charge on any atom is -0.367 e. The summed E-state index contributed by atoms with van der Waals surface area (Å²) in [4.78, 5) is 4.49. The molecule has 1 saturated carbocycles. The Bertz CT molecular complexity index is 782. The first-order chi connectivity index (χ1) is 10.4. The Balaban J connectivity index is 1.76. The van der Waals surface area contributed by atoms with Crippen molar-refractivity contribution in [3.8, 4) is 0 Å². The molecule has 2 N–H and O–H groups in total. The molecule has 0 aliphatic heterocycles. The van der Waals surface area contributed by atoms with Crippen LogP contribution in [-0.2, 0) is 10.0 Å². The Kier molecular flexibility index (Phi) is 3.78. The van der Waals surface area contributed by atoms with E-state index in [-0.39, 0.29) is 4.90 Å². The number of hydrogen-bond donors (Lipinski definition) is 2. The number of aromatic nitrogens is 1. The summed E-state index contributed by atoms with van der Waals surface area (Å²) in [5.41, 5.74) is 2.47. The molecule has 0 saturated heterocycles. The minimum absolute atomic E-state index is 0.260. The van der Waals surface area contributed by atoms with Crippen LogP contribution in [0.1, 0.15) is 24.0 Å². The number of aryl methyl sites for hydroxylation is 2. The van der Waals surface area contributed by atoms with Crippen molar-refractivity contribution in [3.63, 3.8) is 0 Å². The maximum absolute atomic E-state index is 12.4. The summed E-state index contributed by atoms with van der Waals surface area (Å²) in [6.07, 6.45) is 3.87. The van der Waals surface area contributed by atoms with Gasteiger partial charge in [0.2, 0.25) is 0 Å². The number of anilines is 2. The summed E-state index contributed by atoms with van der Waals surface area (Å²) in [6.45, 7) is 3.85. The van der Waals surface area contributed by atoms with E-state index in [0.717, 1.165) is 16.9 Å². The van der Waals surface area contributed by atoms with Crippen LogP contribution in [0.5, 0.6) is 0 Å². The van der Waals surface area contributed by atoms with Gasteiger partial charge in [0.25, 0.3) is 10.0 Å². The smallest absolute Gasteiger partial charge is 0.261 e. The highest BCUT2D eigenvalue weighted by molar-refractivity contribution is 7.92. The van der Waals surface area contributed by atoms with Crippen LogP contribution in [0, 0.1) is 13.8 Å². The van der Waals surface area contributed by atoms with Crippen LogP contribution in [0.4, 0.5) is 11.5 Å². The number of benzene rings is 1. The van der Waals surface area contributed by atoms with Crippen LogP contribution in [0.3, 0.4) is 0 Å². The van der Waals surface area contributed by atoms with Crippen molar-refractivity contribution in [1.82, 2.24) is 4.98 Å². The van der Waals surface area contributed by atoms with Crippen LogP contribution in [-0.4, -0.2) is 19.4 Å². The Morgan fingerprint density at radius 3 is 2.45 bits per heavy atom. The van der Waals surface area contributed by atoms with E-state index in [4.69, 9.17) is 0 Å². The van der Waals surface area contributed by atoms with Crippen LogP contribution >= 0.6 is 0 Å². The molecule has 0 unspecified atom stereocenters. The summed E-state index contributed by atoms with van der Waals surface area (Å²) in [5, 5.41) is 3.26. The van der Waals surface area contributed by atoms with Gasteiger partial charge < -0.3 is 5.32 Å². The summed E-state index contributed by atoms with van der Waals surface area (Å²) >= 11 is 0. The zero-order chi connectivity index (χ0) is 15.7. The minimum atomic E-state index is -3.59. The molecule has 116 valence electrons. The second-order valence-corrected chi connectivity index (χ2v) is 7.38. The third kappa shape index (κ3) is 3.39. The predicted molar refractivity (Wildman–Crippen MR) is 87.6 cm³/mol. The molecule has 0 spiro atoms. The number of rotatable bonds is 5. The van der Waals surface area contributed by atoms with Gasteiger partial charge in [-0.3, -0.25) is 4.72 Å². The maximum atomic E-state index is 12.4. The molecule has 0 bridgehead atoms. The lowest BCUT2D eigenvalue weighted by Crippen LogP contribution is -2.13. The van der Waals surface area contributed by atoms with Gasteiger partial charge in [-0.15, -0.1) is 0 Å². The molecule has 0 amide bonds. The van der Waals surface area contributed by atoms with Crippen molar-refractivity contribution < 1.29 is 8.42 Å². The molecule has 1 aliphatic carbocycles. The van der Waals surface area contributed by atoms with E-state index in [1.165, 1.54) is 19.0 Å². The lowest BCUT2D eigenvalue weighted by molar-refractivity contribution is 0.601. The topological polar surface area (TPSA) is 71.1 Å². The van der Waals surface area contributed by atoms with Gasteiger partial charge >= 0.3 is 0 Å². The predicted octanol–water partition coefficient (Wildman–Crippen LogP) is 3.07. The second-order valence-electron chi connectivity index (χ2n) is 5.70. The first-order valence-corrected chi connectivity index (χ1v) is 8.75. The van der Waals surface area contributed by atoms with Gasteiger partial charge in [0, 0.05) is 6.04 Å². The lowest BCUT2D eigenvalue weighted by atomic mass is 10.1. The van der Waals surface area contributed by atoms with Crippen LogP contribution < -0.4 is 10.0 Å². The second kappa shape index (κ2) is 5.61. The largest absolute Gasteiger partial charge is 0.367 e. The van der Waals surface area contributed by atoms with Gasteiger partial charge in [-0.1, -0.05) is 6.07 Å². The molecular formula is C16H19N3O2S. The quantitative estimate of drug-likeness (QED) is 0.889. The zero-order valence-corrected chi connectivity index (χ0v) is 13.4. The highest BCUT2D eigenvalue weighted by Crippen LogP contribution is 2.24. The van der Waals surface area contributed by atoms with E-state index in [9.17, 15) is 8.42 Å². The zero-order valence-electron chi connectivity index (χ0n) is 12.6. The maximum Gasteiger partial charge on any atom is 0.261 e. The molecule has 22 heavy (non-hydrogen) atoms. The van der Waals surface area contributed by atoms with Gasteiger partial charge in [-0.25, -0.2) is 13.4 Å². The van der Waals surface area contributed by atoms with E-state index in [0.29, 0.717) is 11.7 Å². The van der Waals surface area contributed by atoms with Crippen molar-refractivity contribution >= 4 is 21.5 Å². The Morgan fingerprint density at radius 1 is 1.09 bits per heavy atom. The number of nitrogens with one attached hydrogen (secondary N) is 2. The van der Waals surface area contributed by atoms with Crippen molar-refractivity contribution in [2.24, 2.45) is 0 Å². The van der Waals surface area contributed by atoms with Gasteiger partial charge in [0.1, 0.15) is 5.82 Å². The fraction of sp³-hybridized carbons (Fsp3) is 0.312. The summed E-state index contributed by atoms with van der Waals surface area (Å²) < 4.78 is 27.3. The number of pyridine rings is 1. The van der Waals surface area contributed by atoms with Gasteiger partial charge in [-0.05, 0) is 62.1 Å². The number of nitrogens with zero attached hydrogens (tertiary/aromatic N) is 1. The molecule has 6 heteroatoms. The summed E-state index contributed by atoms with van der Waals surface area (Å²) in [7, 11) is -3.59. The average Bonchev–Trinajstić information content (AvgIpc) is 3.27. The highest BCUT2D eigenvalue weighted by atomic mass is 32.2. The molecule has 3 rings (SSSR count). The molecule has 1 aromatic heterocycles. The Hall–Kier alpha value is -2.08. The molecule has 5 nitrogen and oxygen atoms in total. The molecule has 1 fully saturated rings. The van der Waals surface area contributed by atoms with E-state index in [1.54, 1.807) is 24.3 Å². The third-order valence-electron chi connectivity index (χ3n) is 3.73. The van der Waals surface area contributed by atoms with E-state index in [1.807, 2.05) is 19.9 Å². The molecular weight excluding hydrogens is 298 g/mol. The number of hydrogen-bond acceptors (Lipinski definition) is 4. The van der Waals surface area contributed by atoms with Gasteiger partial charge in [-0.2, -0.15) is 0 Å². The van der Waals surface area contributed by atoms with Gasteiger partial charge in [0.15, 0.2) is 0 Å². The molecule has 1 heterocycles. The van der Waals surface area contributed by atoms with E-state index in [2.05, 4.69) is 15.0 Å². The Labute approximate surface area is 130 Å². The molecule has 2 aromatic rings. The molecule has 0 radical (unpaired) electrons. The highest BCUT2D eigenvalue weighted by Gasteiger charge is 2.21. The Morgan fingerprint density at radius 2 is 1.86 bits per heavy atom. The number of sulfonamides is 1. The normalized spacial score (nSPS) is 14.6. The first kappa shape index (κ1) is 14.8. The van der Waals surface area contributed by atoms with Crippen LogP contribution in [0.25, 0.3) is 0 Å². The summed E-state index contributed by atoms with van der Waals surface area (Å²) in [6, 6.07) is 9.12. The van der Waals surface area contributed by atoms with Crippen molar-refractivity contribution in [3.05, 3.63) is 47.7 Å². The first-order valence-electron chi connectivity index (χ1n) is 7.27. The van der Waals surface area contributed by atoms with Crippen LogP contribution in [0.2, 0.25) is 0 Å². The fourth-order valence-electron chi connectivity index (χ4n) is 2.07.